The summed E-state index contributed by atoms with van der Waals surface area (Å²) in [6, 6.07) is 0.385. The predicted octanol–water partition coefficient (Wildman–Crippen LogP) is 2.07. The summed E-state index contributed by atoms with van der Waals surface area (Å²) >= 11 is 0. The molecule has 0 bridgehead atoms. The van der Waals surface area contributed by atoms with E-state index in [1.54, 1.807) is 7.05 Å². The molecule has 0 saturated heterocycles. The molecule has 0 aromatic heterocycles. The third kappa shape index (κ3) is 11.6. The highest BCUT2D eigenvalue weighted by atomic mass is 16.5. The molecule has 0 aromatic rings. The van der Waals surface area contributed by atoms with E-state index in [1.165, 1.54) is 0 Å². The van der Waals surface area contributed by atoms with Crippen LogP contribution in [0, 0.1) is 0 Å². The number of esters is 1. The molecular weight excluding hydrogens is 242 g/mol. The van der Waals surface area contributed by atoms with Gasteiger partial charge in [0.25, 0.3) is 0 Å². The topological polar surface area (TPSA) is 62.7 Å². The van der Waals surface area contributed by atoms with Gasteiger partial charge >= 0.3 is 5.97 Å². The molecule has 0 fully saturated rings. The molecule has 0 spiro atoms. The van der Waals surface area contributed by atoms with E-state index < -0.39 is 0 Å². The first kappa shape index (κ1) is 17.7. The zero-order valence-corrected chi connectivity index (χ0v) is 12.8. The molecule has 5 heteroatoms. The predicted molar refractivity (Wildman–Crippen MR) is 79.4 cm³/mol. The highest BCUT2D eigenvalue weighted by Crippen LogP contribution is 2.03. The standard InChI is InChI=1S/C14H29N3O2/c1-5-19-13(18)10-8-6-7-9-11-16-14(15-4)17-12(2)3/h12H,5-11H2,1-4H3,(H2,15,16,17). The van der Waals surface area contributed by atoms with E-state index in [0.29, 0.717) is 19.1 Å². The second-order valence-corrected chi connectivity index (χ2v) is 4.77. The third-order valence-electron chi connectivity index (χ3n) is 2.55. The van der Waals surface area contributed by atoms with Crippen LogP contribution in [0.25, 0.3) is 0 Å². The van der Waals surface area contributed by atoms with Crippen molar-refractivity contribution in [2.75, 3.05) is 20.2 Å². The number of unbranched alkanes of at least 4 members (excludes halogenated alkanes) is 3. The van der Waals surface area contributed by atoms with Gasteiger partial charge in [0, 0.05) is 26.1 Å². The number of aliphatic imine (C=N–C) groups is 1. The van der Waals surface area contributed by atoms with E-state index >= 15 is 0 Å². The first-order valence-corrected chi connectivity index (χ1v) is 7.23. The fourth-order valence-corrected chi connectivity index (χ4v) is 1.66. The molecule has 0 rings (SSSR count). The van der Waals surface area contributed by atoms with Gasteiger partial charge in [-0.05, 0) is 33.6 Å². The number of ether oxygens (including phenoxy) is 1. The summed E-state index contributed by atoms with van der Waals surface area (Å²) in [6.07, 6.45) is 4.72. The van der Waals surface area contributed by atoms with Crippen molar-refractivity contribution in [3.05, 3.63) is 0 Å². The van der Waals surface area contributed by atoms with Crippen LogP contribution in [0.2, 0.25) is 0 Å². The lowest BCUT2D eigenvalue weighted by atomic mass is 10.1. The van der Waals surface area contributed by atoms with Gasteiger partial charge in [0.15, 0.2) is 5.96 Å². The van der Waals surface area contributed by atoms with Crippen molar-refractivity contribution >= 4 is 11.9 Å². The van der Waals surface area contributed by atoms with Crippen molar-refractivity contribution < 1.29 is 9.53 Å². The summed E-state index contributed by atoms with van der Waals surface area (Å²) in [6.45, 7) is 7.39. The number of rotatable bonds is 9. The van der Waals surface area contributed by atoms with Gasteiger partial charge in [0.1, 0.15) is 0 Å². The largest absolute Gasteiger partial charge is 0.466 e. The highest BCUT2D eigenvalue weighted by molar-refractivity contribution is 5.79. The Kier molecular flexibility index (Phi) is 11.0. The van der Waals surface area contributed by atoms with Gasteiger partial charge in [-0.2, -0.15) is 0 Å². The SMILES string of the molecule is CCOC(=O)CCCCCCNC(=NC)NC(C)C. The minimum atomic E-state index is -0.0813. The Morgan fingerprint density at radius 2 is 1.89 bits per heavy atom. The van der Waals surface area contributed by atoms with Gasteiger partial charge in [-0.25, -0.2) is 0 Å². The first-order valence-electron chi connectivity index (χ1n) is 7.23. The molecule has 0 heterocycles. The molecule has 0 unspecified atom stereocenters. The number of guanidine groups is 1. The van der Waals surface area contributed by atoms with E-state index in [4.69, 9.17) is 4.74 Å². The van der Waals surface area contributed by atoms with Crippen molar-refractivity contribution in [3.8, 4) is 0 Å². The number of hydrogen-bond donors (Lipinski definition) is 2. The minimum Gasteiger partial charge on any atom is -0.466 e. The minimum absolute atomic E-state index is 0.0813. The Morgan fingerprint density at radius 1 is 1.21 bits per heavy atom. The van der Waals surface area contributed by atoms with Crippen LogP contribution in [0.15, 0.2) is 4.99 Å². The number of carbonyl (C=O) groups excluding carboxylic acids is 1. The van der Waals surface area contributed by atoms with Crippen LogP contribution in [-0.4, -0.2) is 38.2 Å². The van der Waals surface area contributed by atoms with Gasteiger partial charge in [0.05, 0.1) is 6.61 Å². The molecule has 0 aromatic carbocycles. The monoisotopic (exact) mass is 271 g/mol. The van der Waals surface area contributed by atoms with Crippen molar-refractivity contribution in [2.45, 2.75) is 58.9 Å². The maximum atomic E-state index is 11.1. The lowest BCUT2D eigenvalue weighted by Crippen LogP contribution is -2.41. The van der Waals surface area contributed by atoms with Crippen LogP contribution in [0.1, 0.15) is 52.9 Å². The van der Waals surface area contributed by atoms with Crippen molar-refractivity contribution in [1.82, 2.24) is 10.6 Å². The Balaban J connectivity index is 3.42. The zero-order valence-electron chi connectivity index (χ0n) is 12.8. The summed E-state index contributed by atoms with van der Waals surface area (Å²) in [5.74, 6) is 0.767. The van der Waals surface area contributed by atoms with Gasteiger partial charge in [-0.1, -0.05) is 12.8 Å². The summed E-state index contributed by atoms with van der Waals surface area (Å²) in [7, 11) is 1.77. The number of nitrogens with zero attached hydrogens (tertiary/aromatic N) is 1. The van der Waals surface area contributed by atoms with Gasteiger partial charge in [0.2, 0.25) is 0 Å². The number of hydrogen-bond acceptors (Lipinski definition) is 3. The fourth-order valence-electron chi connectivity index (χ4n) is 1.66. The molecule has 0 saturated carbocycles. The summed E-state index contributed by atoms with van der Waals surface area (Å²) < 4.78 is 4.88. The molecular formula is C14H29N3O2. The van der Waals surface area contributed by atoms with Gasteiger partial charge < -0.3 is 15.4 Å². The Labute approximate surface area is 117 Å². The van der Waals surface area contributed by atoms with Crippen LogP contribution in [0.5, 0.6) is 0 Å². The number of carbonyl (C=O) groups is 1. The quantitative estimate of drug-likeness (QED) is 0.292. The van der Waals surface area contributed by atoms with E-state index in [1.807, 2.05) is 6.92 Å². The molecule has 2 N–H and O–H groups in total. The summed E-state index contributed by atoms with van der Waals surface area (Å²) in [5, 5.41) is 6.51. The molecule has 0 aliphatic heterocycles. The van der Waals surface area contributed by atoms with Crippen molar-refractivity contribution in [3.63, 3.8) is 0 Å². The smallest absolute Gasteiger partial charge is 0.305 e. The van der Waals surface area contributed by atoms with Crippen LogP contribution in [-0.2, 0) is 9.53 Å². The average Bonchev–Trinajstić information content (AvgIpc) is 2.36. The van der Waals surface area contributed by atoms with Crippen molar-refractivity contribution in [1.29, 1.82) is 0 Å². The number of nitrogens with one attached hydrogen (secondary N) is 2. The molecule has 0 radical (unpaired) electrons. The second-order valence-electron chi connectivity index (χ2n) is 4.77. The summed E-state index contributed by atoms with van der Waals surface area (Å²) in [4.78, 5) is 15.2. The van der Waals surface area contributed by atoms with E-state index in [9.17, 15) is 4.79 Å². The van der Waals surface area contributed by atoms with Gasteiger partial charge in [-0.15, -0.1) is 0 Å². The highest BCUT2D eigenvalue weighted by Gasteiger charge is 2.01. The molecule has 0 amide bonds. The van der Waals surface area contributed by atoms with Crippen LogP contribution in [0.4, 0.5) is 0 Å². The molecule has 0 aliphatic carbocycles. The zero-order chi connectivity index (χ0) is 14.5. The Bertz CT molecular complexity index is 265. The first-order chi connectivity index (χ1) is 9.10. The maximum absolute atomic E-state index is 11.1. The Hall–Kier alpha value is -1.26. The van der Waals surface area contributed by atoms with Crippen LogP contribution >= 0.6 is 0 Å². The second kappa shape index (κ2) is 11.8. The molecule has 0 aliphatic rings. The maximum Gasteiger partial charge on any atom is 0.305 e. The average molecular weight is 271 g/mol. The normalized spacial score (nSPS) is 11.5. The molecule has 19 heavy (non-hydrogen) atoms. The summed E-state index contributed by atoms with van der Waals surface area (Å²) in [5.41, 5.74) is 0. The van der Waals surface area contributed by atoms with E-state index in [0.717, 1.165) is 38.2 Å². The van der Waals surface area contributed by atoms with E-state index in [-0.39, 0.29) is 5.97 Å². The van der Waals surface area contributed by atoms with Crippen LogP contribution in [0.3, 0.4) is 0 Å². The molecule has 0 atom stereocenters. The van der Waals surface area contributed by atoms with Gasteiger partial charge in [-0.3, -0.25) is 9.79 Å². The third-order valence-corrected chi connectivity index (χ3v) is 2.55. The lowest BCUT2D eigenvalue weighted by Gasteiger charge is -2.14. The Morgan fingerprint density at radius 3 is 2.47 bits per heavy atom. The van der Waals surface area contributed by atoms with E-state index in [2.05, 4.69) is 29.5 Å². The molecule has 112 valence electrons. The molecule has 5 nitrogen and oxygen atoms in total. The lowest BCUT2D eigenvalue weighted by molar-refractivity contribution is -0.143. The van der Waals surface area contributed by atoms with Crippen molar-refractivity contribution in [2.24, 2.45) is 4.99 Å². The van der Waals surface area contributed by atoms with Crippen LogP contribution < -0.4 is 10.6 Å². The fraction of sp³-hybridized carbons (Fsp3) is 0.857.